The van der Waals surface area contributed by atoms with Crippen molar-refractivity contribution in [3.05, 3.63) is 59.4 Å². The zero-order valence-electron chi connectivity index (χ0n) is 10.9. The van der Waals surface area contributed by atoms with E-state index in [0.717, 1.165) is 17.6 Å². The fraction of sp³-hybridized carbons (Fsp3) is 0.333. The molecule has 1 rings (SSSR count). The second kappa shape index (κ2) is 8.25. The van der Waals surface area contributed by atoms with Gasteiger partial charge in [0.25, 0.3) is 0 Å². The Morgan fingerprint density at radius 2 is 1.95 bits per heavy atom. The molecule has 1 atom stereocenters. The molecule has 1 unspecified atom stereocenters. The molecule has 19 heavy (non-hydrogen) atoms. The maximum Gasteiger partial charge on any atom is 0.129 e. The van der Waals surface area contributed by atoms with E-state index < -0.39 is 6.10 Å². The van der Waals surface area contributed by atoms with E-state index >= 15 is 0 Å². The average molecular weight is 328 g/mol. The molecule has 1 aromatic carbocycles. The Kier molecular flexibility index (Phi) is 6.99. The monoisotopic (exact) mass is 327 g/mol. The van der Waals surface area contributed by atoms with E-state index in [1.807, 2.05) is 0 Å². The van der Waals surface area contributed by atoms with Crippen LogP contribution in [0.4, 0.5) is 4.39 Å². The molecule has 0 aliphatic heterocycles. The largest absolute Gasteiger partial charge is 0.388 e. The molecule has 4 heteroatoms. The van der Waals surface area contributed by atoms with E-state index in [-0.39, 0.29) is 5.82 Å². The highest BCUT2D eigenvalue weighted by molar-refractivity contribution is 9.10. The lowest BCUT2D eigenvalue weighted by atomic mass is 10.1. The number of halogens is 2. The van der Waals surface area contributed by atoms with Crippen LogP contribution in [0.15, 0.2) is 48.0 Å². The van der Waals surface area contributed by atoms with Gasteiger partial charge in [-0.25, -0.2) is 4.39 Å². The van der Waals surface area contributed by atoms with Crippen molar-refractivity contribution >= 4 is 15.9 Å². The highest BCUT2D eigenvalue weighted by Gasteiger charge is 2.14. The minimum Gasteiger partial charge on any atom is -0.388 e. The Balaban J connectivity index is 2.62. The van der Waals surface area contributed by atoms with Crippen LogP contribution in [0.1, 0.15) is 18.1 Å². The summed E-state index contributed by atoms with van der Waals surface area (Å²) < 4.78 is 14.4. The van der Waals surface area contributed by atoms with Gasteiger partial charge in [-0.2, -0.15) is 0 Å². The Labute approximate surface area is 122 Å². The van der Waals surface area contributed by atoms with Crippen molar-refractivity contribution in [3.8, 4) is 0 Å². The first-order chi connectivity index (χ1) is 9.08. The molecular formula is C15H19BrFNO. The molecule has 0 saturated heterocycles. The van der Waals surface area contributed by atoms with Gasteiger partial charge in [-0.15, -0.1) is 13.2 Å². The van der Waals surface area contributed by atoms with Gasteiger partial charge >= 0.3 is 0 Å². The summed E-state index contributed by atoms with van der Waals surface area (Å²) in [4.78, 5) is 2.08. The summed E-state index contributed by atoms with van der Waals surface area (Å²) in [6, 6.07) is 4.59. The molecule has 0 aromatic heterocycles. The molecule has 104 valence electrons. The molecule has 0 heterocycles. The van der Waals surface area contributed by atoms with Gasteiger partial charge in [0.05, 0.1) is 6.10 Å². The van der Waals surface area contributed by atoms with E-state index in [0.29, 0.717) is 18.5 Å². The standard InChI is InChI=1S/C15H19BrFNO/c1-3-8-18(9-4-2)10-7-15(19)13-11-12(16)5-6-14(13)17/h3-6,11,15,19H,1-2,7-10H2. The van der Waals surface area contributed by atoms with Crippen LogP contribution >= 0.6 is 15.9 Å². The van der Waals surface area contributed by atoms with Crippen LogP contribution < -0.4 is 0 Å². The summed E-state index contributed by atoms with van der Waals surface area (Å²) in [5.74, 6) is -0.380. The maximum absolute atomic E-state index is 13.6. The summed E-state index contributed by atoms with van der Waals surface area (Å²) in [5.41, 5.74) is 0.325. The van der Waals surface area contributed by atoms with Crippen molar-refractivity contribution in [2.24, 2.45) is 0 Å². The fourth-order valence-electron chi connectivity index (χ4n) is 1.85. The second-order valence-corrected chi connectivity index (χ2v) is 5.22. The third kappa shape index (κ3) is 5.27. The molecule has 0 bridgehead atoms. The van der Waals surface area contributed by atoms with Crippen molar-refractivity contribution in [1.82, 2.24) is 4.90 Å². The first kappa shape index (κ1) is 16.1. The zero-order valence-corrected chi connectivity index (χ0v) is 12.4. The maximum atomic E-state index is 13.6. The Bertz CT molecular complexity index is 426. The van der Waals surface area contributed by atoms with Crippen molar-refractivity contribution in [2.75, 3.05) is 19.6 Å². The van der Waals surface area contributed by atoms with Gasteiger partial charge < -0.3 is 5.11 Å². The lowest BCUT2D eigenvalue weighted by molar-refractivity contribution is 0.144. The van der Waals surface area contributed by atoms with Crippen LogP contribution in [-0.2, 0) is 0 Å². The first-order valence-electron chi connectivity index (χ1n) is 6.15. The van der Waals surface area contributed by atoms with Crippen molar-refractivity contribution < 1.29 is 9.50 Å². The number of aliphatic hydroxyl groups excluding tert-OH is 1. The molecule has 0 aliphatic carbocycles. The third-order valence-electron chi connectivity index (χ3n) is 2.81. The summed E-state index contributed by atoms with van der Waals surface area (Å²) in [6.45, 7) is 9.48. The summed E-state index contributed by atoms with van der Waals surface area (Å²) >= 11 is 3.28. The van der Waals surface area contributed by atoms with Gasteiger partial charge in [0.2, 0.25) is 0 Å². The summed E-state index contributed by atoms with van der Waals surface area (Å²) in [7, 11) is 0. The third-order valence-corrected chi connectivity index (χ3v) is 3.30. The quantitative estimate of drug-likeness (QED) is 0.736. The topological polar surface area (TPSA) is 23.5 Å². The number of hydrogen-bond acceptors (Lipinski definition) is 2. The van der Waals surface area contributed by atoms with Crippen LogP contribution in [-0.4, -0.2) is 29.6 Å². The van der Waals surface area contributed by atoms with Crippen LogP contribution in [0.5, 0.6) is 0 Å². The van der Waals surface area contributed by atoms with Gasteiger partial charge in [-0.05, 0) is 24.6 Å². The van der Waals surface area contributed by atoms with Crippen molar-refractivity contribution in [1.29, 1.82) is 0 Å². The van der Waals surface area contributed by atoms with Crippen LogP contribution in [0.25, 0.3) is 0 Å². The number of nitrogens with zero attached hydrogens (tertiary/aromatic N) is 1. The second-order valence-electron chi connectivity index (χ2n) is 4.31. The van der Waals surface area contributed by atoms with Gasteiger partial charge in [0.15, 0.2) is 0 Å². The van der Waals surface area contributed by atoms with Gasteiger partial charge in [-0.1, -0.05) is 28.1 Å². The number of benzene rings is 1. The van der Waals surface area contributed by atoms with Crippen molar-refractivity contribution in [3.63, 3.8) is 0 Å². The Morgan fingerprint density at radius 1 is 1.32 bits per heavy atom. The van der Waals surface area contributed by atoms with E-state index in [1.54, 1.807) is 24.3 Å². The molecule has 0 spiro atoms. The average Bonchev–Trinajstić information content (AvgIpc) is 2.39. The number of aliphatic hydroxyl groups is 1. The number of rotatable bonds is 8. The lowest BCUT2D eigenvalue weighted by Crippen LogP contribution is -2.26. The minimum atomic E-state index is -0.811. The fourth-order valence-corrected chi connectivity index (χ4v) is 2.23. The van der Waals surface area contributed by atoms with E-state index in [9.17, 15) is 9.50 Å². The highest BCUT2D eigenvalue weighted by atomic mass is 79.9. The molecule has 0 aliphatic rings. The molecule has 1 N–H and O–H groups in total. The zero-order chi connectivity index (χ0) is 14.3. The Morgan fingerprint density at radius 3 is 2.53 bits per heavy atom. The lowest BCUT2D eigenvalue weighted by Gasteiger charge is -2.21. The summed E-state index contributed by atoms with van der Waals surface area (Å²) in [6.07, 6.45) is 3.26. The summed E-state index contributed by atoms with van der Waals surface area (Å²) in [5, 5.41) is 10.1. The van der Waals surface area contributed by atoms with E-state index in [2.05, 4.69) is 34.0 Å². The molecule has 0 saturated carbocycles. The Hall–Kier alpha value is -0.970. The highest BCUT2D eigenvalue weighted by Crippen LogP contribution is 2.24. The predicted octanol–water partition coefficient (Wildman–Crippen LogP) is 3.69. The molecule has 1 aromatic rings. The molecule has 0 fully saturated rings. The molecular weight excluding hydrogens is 309 g/mol. The van der Waals surface area contributed by atoms with Crippen LogP contribution in [0, 0.1) is 5.82 Å². The van der Waals surface area contributed by atoms with Crippen molar-refractivity contribution in [2.45, 2.75) is 12.5 Å². The van der Waals surface area contributed by atoms with E-state index in [4.69, 9.17) is 0 Å². The molecule has 0 amide bonds. The molecule has 2 nitrogen and oxygen atoms in total. The predicted molar refractivity (Wildman–Crippen MR) is 80.5 cm³/mol. The van der Waals surface area contributed by atoms with Crippen LogP contribution in [0.2, 0.25) is 0 Å². The van der Waals surface area contributed by atoms with Gasteiger partial charge in [-0.3, -0.25) is 4.90 Å². The van der Waals surface area contributed by atoms with Gasteiger partial charge in [0, 0.05) is 29.7 Å². The first-order valence-corrected chi connectivity index (χ1v) is 6.95. The normalized spacial score (nSPS) is 12.4. The molecule has 0 radical (unpaired) electrons. The van der Waals surface area contributed by atoms with E-state index in [1.165, 1.54) is 6.07 Å². The SMILES string of the molecule is C=CCN(CC=C)CCC(O)c1cc(Br)ccc1F. The number of hydrogen-bond donors (Lipinski definition) is 1. The smallest absolute Gasteiger partial charge is 0.129 e. The minimum absolute atomic E-state index is 0.325. The van der Waals surface area contributed by atoms with Crippen LogP contribution in [0.3, 0.4) is 0 Å². The van der Waals surface area contributed by atoms with Gasteiger partial charge in [0.1, 0.15) is 5.82 Å².